The molecule has 0 aliphatic rings. The summed E-state index contributed by atoms with van der Waals surface area (Å²) in [5.41, 5.74) is -1.19. The number of carbonyl (C=O) groups is 3. The number of thiophene rings is 1. The van der Waals surface area contributed by atoms with Gasteiger partial charge in [-0.2, -0.15) is 0 Å². The normalized spacial score (nSPS) is 14.4. The molecule has 0 saturated carbocycles. The molecule has 3 rings (SSSR count). The van der Waals surface area contributed by atoms with E-state index in [-0.39, 0.29) is 25.2 Å². The zero-order chi connectivity index (χ0) is 31.8. The quantitative estimate of drug-likeness (QED) is 0.126. The Morgan fingerprint density at radius 2 is 1.65 bits per heavy atom. The Morgan fingerprint density at radius 1 is 0.953 bits per heavy atom. The summed E-state index contributed by atoms with van der Waals surface area (Å²) >= 11 is 1.34. The van der Waals surface area contributed by atoms with Crippen LogP contribution >= 0.6 is 20.0 Å². The highest BCUT2D eigenvalue weighted by Gasteiger charge is 2.42. The van der Waals surface area contributed by atoms with Crippen molar-refractivity contribution >= 4 is 48.0 Å². The van der Waals surface area contributed by atoms with Gasteiger partial charge in [0, 0.05) is 17.2 Å². The Hall–Kier alpha value is -3.11. The number of rotatable bonds is 13. The minimum absolute atomic E-state index is 0.0945. The first kappa shape index (κ1) is 34.4. The zero-order valence-electron chi connectivity index (χ0n) is 25.2. The van der Waals surface area contributed by atoms with Crippen molar-refractivity contribution in [3.63, 3.8) is 0 Å². The van der Waals surface area contributed by atoms with E-state index in [2.05, 4.69) is 5.32 Å². The number of amides is 1. The molecule has 9 nitrogen and oxygen atoms in total. The van der Waals surface area contributed by atoms with Gasteiger partial charge < -0.3 is 14.8 Å². The van der Waals surface area contributed by atoms with E-state index >= 15 is 0 Å². The first-order valence-corrected chi connectivity index (χ1v) is 15.6. The molecule has 234 valence electrons. The Labute approximate surface area is 256 Å². The van der Waals surface area contributed by atoms with Crippen LogP contribution in [0.1, 0.15) is 69.6 Å². The fourth-order valence-electron chi connectivity index (χ4n) is 3.90. The van der Waals surface area contributed by atoms with Crippen LogP contribution < -0.4 is 5.32 Å². The van der Waals surface area contributed by atoms with Gasteiger partial charge in [-0.15, -0.1) is 11.3 Å². The molecule has 1 amide bonds. The van der Waals surface area contributed by atoms with Crippen LogP contribution in [0.15, 0.2) is 54.6 Å². The Morgan fingerprint density at radius 3 is 2.28 bits per heavy atom. The lowest BCUT2D eigenvalue weighted by molar-refractivity contribution is -0.348. The minimum atomic E-state index is -2.18. The molecule has 3 unspecified atom stereocenters. The second-order valence-electron chi connectivity index (χ2n) is 12.2. The average molecular weight is 636 g/mol. The first-order valence-electron chi connectivity index (χ1n) is 13.8. The second kappa shape index (κ2) is 14.6. The lowest BCUT2D eigenvalue weighted by atomic mass is 9.97. The maximum Gasteiger partial charge on any atom is 0.337 e. The third-order valence-corrected chi connectivity index (χ3v) is 7.89. The van der Waals surface area contributed by atoms with Crippen molar-refractivity contribution < 1.29 is 42.1 Å². The number of halogens is 1. The molecule has 3 atom stereocenters. The largest absolute Gasteiger partial charge is 0.438 e. The van der Waals surface area contributed by atoms with Gasteiger partial charge in [-0.1, -0.05) is 30.3 Å². The predicted octanol–water partition coefficient (Wildman–Crippen LogP) is 6.66. The van der Waals surface area contributed by atoms with Gasteiger partial charge in [-0.25, -0.2) is 4.39 Å². The smallest absolute Gasteiger partial charge is 0.337 e. The Balaban J connectivity index is 1.88. The molecule has 1 heterocycles. The van der Waals surface area contributed by atoms with Gasteiger partial charge >= 0.3 is 17.9 Å². The molecule has 0 bridgehead atoms. The van der Waals surface area contributed by atoms with Crippen LogP contribution in [0.2, 0.25) is 0 Å². The zero-order valence-corrected chi connectivity index (χ0v) is 27.2. The summed E-state index contributed by atoms with van der Waals surface area (Å²) < 4.78 is 48.8. The molecule has 0 aliphatic carbocycles. The molecule has 0 spiro atoms. The number of hydrogen-bond donors (Lipinski definition) is 1. The fourth-order valence-corrected chi connectivity index (χ4v) is 5.25. The van der Waals surface area contributed by atoms with Gasteiger partial charge in [0.15, 0.2) is 15.5 Å². The van der Waals surface area contributed by atoms with Crippen LogP contribution in [0.25, 0.3) is 10.1 Å². The van der Waals surface area contributed by atoms with E-state index in [0.29, 0.717) is 10.4 Å². The number of nitrogens with one attached hydrogen (secondary N) is 1. The van der Waals surface area contributed by atoms with Crippen molar-refractivity contribution in [3.05, 3.63) is 70.9 Å². The summed E-state index contributed by atoms with van der Waals surface area (Å²) in [4.78, 5) is 39.1. The molecule has 43 heavy (non-hydrogen) atoms. The van der Waals surface area contributed by atoms with Crippen molar-refractivity contribution in [1.29, 1.82) is 0 Å². The fraction of sp³-hybridized carbons (Fsp3) is 0.452. The molecule has 1 aromatic heterocycles. The van der Waals surface area contributed by atoms with Crippen molar-refractivity contribution in [3.8, 4) is 0 Å². The maximum absolute atomic E-state index is 14.0. The molecule has 12 heteroatoms. The number of hydrogen-bond acceptors (Lipinski definition) is 9. The van der Waals surface area contributed by atoms with Gasteiger partial charge in [0.25, 0.3) is 5.91 Å². The van der Waals surface area contributed by atoms with Crippen LogP contribution in [-0.4, -0.2) is 36.7 Å². The second-order valence-corrected chi connectivity index (χ2v) is 13.7. The topological polar surface area (TPSA) is 117 Å². The number of esters is 2. The molecule has 0 saturated heterocycles. The maximum atomic E-state index is 14.0. The van der Waals surface area contributed by atoms with Gasteiger partial charge in [-0.05, 0) is 89.6 Å². The van der Waals surface area contributed by atoms with E-state index in [9.17, 15) is 23.3 Å². The molecular weight excluding hydrogens is 596 g/mol. The third kappa shape index (κ3) is 10.2. The Bertz CT molecular complexity index is 1410. The predicted molar refractivity (Wildman–Crippen MR) is 164 cm³/mol. The summed E-state index contributed by atoms with van der Waals surface area (Å²) in [6, 6.07) is 14.8. The van der Waals surface area contributed by atoms with Crippen LogP contribution in [0.3, 0.4) is 0 Å². The monoisotopic (exact) mass is 635 g/mol. The highest BCUT2D eigenvalue weighted by atomic mass is 32.1. The van der Waals surface area contributed by atoms with Gasteiger partial charge in [0.2, 0.25) is 0 Å². The lowest BCUT2D eigenvalue weighted by Crippen LogP contribution is -2.45. The number of benzene rings is 2. The van der Waals surface area contributed by atoms with Crippen molar-refractivity contribution in [2.45, 2.75) is 72.8 Å². The van der Waals surface area contributed by atoms with E-state index < -0.39 is 56.1 Å². The minimum Gasteiger partial charge on any atom is -0.438 e. The van der Waals surface area contributed by atoms with Gasteiger partial charge in [-0.3, -0.25) is 28.2 Å². The van der Waals surface area contributed by atoms with Crippen LogP contribution in [0.4, 0.5) is 4.39 Å². The first-order chi connectivity index (χ1) is 20.1. The summed E-state index contributed by atoms with van der Waals surface area (Å²) in [5.74, 6) is -4.23. The molecular formula is C31H39FNO8PS. The van der Waals surface area contributed by atoms with Crippen LogP contribution in [0.5, 0.6) is 0 Å². The molecule has 0 aliphatic heterocycles. The summed E-state index contributed by atoms with van der Waals surface area (Å²) in [5, 5.41) is 3.92. The molecule has 0 fully saturated rings. The highest BCUT2D eigenvalue weighted by molar-refractivity contribution is 7.20. The molecule has 2 aromatic carbocycles. The van der Waals surface area contributed by atoms with E-state index in [4.69, 9.17) is 18.7 Å². The molecule has 0 radical (unpaired) electrons. The summed E-state index contributed by atoms with van der Waals surface area (Å²) in [6.07, 6.45) is 0.127. The molecule has 3 aromatic rings. The highest BCUT2D eigenvalue weighted by Crippen LogP contribution is 2.32. The van der Waals surface area contributed by atoms with E-state index in [1.807, 2.05) is 24.3 Å². The van der Waals surface area contributed by atoms with Crippen LogP contribution in [0, 0.1) is 16.6 Å². The average Bonchev–Trinajstić information content (AvgIpc) is 3.35. The van der Waals surface area contributed by atoms with Gasteiger partial charge in [0.1, 0.15) is 5.82 Å². The SMILES string of the molecule is CC(C)(C)C(=O)OCOC(CCC(Cc1cccc(F)c1)NC(=O)c1cc2ccccc2s1)(O[PH2]=O)OC(=O)C(C)(C)C. The number of fused-ring (bicyclic) bond motifs is 1. The number of carbonyl (C=O) groups excluding carboxylic acids is 3. The van der Waals surface area contributed by atoms with Crippen LogP contribution in [-0.2, 0) is 39.3 Å². The summed E-state index contributed by atoms with van der Waals surface area (Å²) in [6.45, 7) is 9.23. The molecule has 1 N–H and O–H groups in total. The van der Waals surface area contributed by atoms with E-state index in [0.717, 1.165) is 10.1 Å². The number of ether oxygens (including phenoxy) is 3. The van der Waals surface area contributed by atoms with E-state index in [1.165, 1.54) is 23.5 Å². The van der Waals surface area contributed by atoms with Crippen molar-refractivity contribution in [2.24, 2.45) is 10.8 Å². The van der Waals surface area contributed by atoms with Crippen molar-refractivity contribution in [1.82, 2.24) is 5.32 Å². The lowest BCUT2D eigenvalue weighted by Gasteiger charge is -2.34. The van der Waals surface area contributed by atoms with E-state index in [1.54, 1.807) is 59.7 Å². The third-order valence-electron chi connectivity index (χ3n) is 6.32. The Kier molecular flexibility index (Phi) is 11.7. The van der Waals surface area contributed by atoms with Gasteiger partial charge in [0.05, 0.1) is 15.7 Å². The summed E-state index contributed by atoms with van der Waals surface area (Å²) in [7, 11) is -1.93. The van der Waals surface area contributed by atoms with Crippen molar-refractivity contribution in [2.75, 3.05) is 6.79 Å². The standard InChI is InChI=1S/C31H39FNO8PS/c1-29(2,3)27(35)38-19-39-31(41-42-37,40-28(36)30(4,5)6)15-14-23(17-20-10-9-12-22(32)16-20)33-26(34)25-18-21-11-7-8-13-24(21)43-25/h7-13,16,18,23H,14-15,17,19,42H2,1-6H3,(H,33,34).